The molecule has 0 aliphatic rings. The van der Waals surface area contributed by atoms with Crippen LogP contribution in [0.1, 0.15) is 67.2 Å². The van der Waals surface area contributed by atoms with Gasteiger partial charge in [0.25, 0.3) is 0 Å². The molecule has 2 N–H and O–H groups in total. The van der Waals surface area contributed by atoms with E-state index in [0.717, 1.165) is 25.7 Å². The fourth-order valence-electron chi connectivity index (χ4n) is 2.44. The Balaban J connectivity index is 4.42. The molecule has 9 nitrogen and oxygen atoms in total. The SMILES string of the molecule is CCCC(CCC)COC(=O)C(C)NP(=O)([O][Fm])OCCNC(=O)OC(C)(C)C. The van der Waals surface area contributed by atoms with Gasteiger partial charge in [0.15, 0.2) is 0 Å². The van der Waals surface area contributed by atoms with Crippen molar-refractivity contribution in [2.24, 2.45) is 5.92 Å². The van der Waals surface area contributed by atoms with Gasteiger partial charge in [-0.25, -0.2) is 0 Å². The normalized spacial score (nSPS) is 14.9. The topological polar surface area (TPSA) is 112 Å². The van der Waals surface area contributed by atoms with Gasteiger partial charge in [0.2, 0.25) is 0 Å². The van der Waals surface area contributed by atoms with E-state index in [9.17, 15) is 14.2 Å². The number of ether oxygens (including phenoxy) is 2. The van der Waals surface area contributed by atoms with Crippen molar-refractivity contribution in [3.05, 3.63) is 0 Å². The van der Waals surface area contributed by atoms with Crippen molar-refractivity contribution in [1.82, 2.24) is 10.4 Å². The van der Waals surface area contributed by atoms with Crippen LogP contribution in [0.15, 0.2) is 0 Å². The summed E-state index contributed by atoms with van der Waals surface area (Å²) in [5, 5.41) is 5.04. The first-order valence-electron chi connectivity index (χ1n) is 9.88. The molecule has 2 atom stereocenters. The zero-order valence-electron chi connectivity index (χ0n) is 18.2. The summed E-state index contributed by atoms with van der Waals surface area (Å²) in [6.07, 6.45) is 3.44. The maximum absolute atomic E-state index is 12.6. The van der Waals surface area contributed by atoms with E-state index in [-0.39, 0.29) is 13.2 Å². The van der Waals surface area contributed by atoms with E-state index in [4.69, 9.17) is 18.9 Å². The fourth-order valence-corrected chi connectivity index (χ4v) is 4.25. The Morgan fingerprint density at radius 2 is 1.72 bits per heavy atom. The van der Waals surface area contributed by atoms with Crippen LogP contribution in [0.4, 0.5) is 4.79 Å². The Labute approximate surface area is 168 Å². The molecule has 0 aliphatic carbocycles. The van der Waals surface area contributed by atoms with Gasteiger partial charge in [0, 0.05) is 0 Å². The Hall–Kier alpha value is -2.15. The summed E-state index contributed by atoms with van der Waals surface area (Å²) >= 11 is 0. The van der Waals surface area contributed by atoms with E-state index in [0.29, 0.717) is 12.5 Å². The number of esters is 1. The molecule has 29 heavy (non-hydrogen) atoms. The van der Waals surface area contributed by atoms with Crippen LogP contribution in [-0.4, -0.2) is 43.5 Å². The van der Waals surface area contributed by atoms with Crippen molar-refractivity contribution in [3.8, 4) is 0 Å². The van der Waals surface area contributed by atoms with E-state index in [1.165, 1.54) is 6.92 Å². The molecule has 0 aromatic heterocycles. The van der Waals surface area contributed by atoms with Crippen LogP contribution in [0.2, 0.25) is 0 Å². The average molecular weight is 680 g/mol. The van der Waals surface area contributed by atoms with Crippen molar-refractivity contribution in [1.29, 1.82) is 0 Å². The van der Waals surface area contributed by atoms with Gasteiger partial charge >= 0.3 is 168 Å². The predicted molar refractivity (Wildman–Crippen MR) is 106 cm³/mol. The summed E-state index contributed by atoms with van der Waals surface area (Å²) in [6.45, 7) is 11.3. The molecule has 1 amide bonds. The van der Waals surface area contributed by atoms with Crippen molar-refractivity contribution in [2.45, 2.75) is 78.9 Å². The van der Waals surface area contributed by atoms with Crippen molar-refractivity contribution in [3.63, 3.8) is 0 Å². The monoisotopic (exact) mass is 680 g/mol. The molecular weight excluding hydrogens is 644 g/mol. The number of amides is 1. The van der Waals surface area contributed by atoms with Crippen LogP contribution >= 0.6 is 7.75 Å². The number of hydrogen-bond acceptors (Lipinski definition) is 7. The van der Waals surface area contributed by atoms with Gasteiger partial charge in [-0.3, -0.25) is 0 Å². The second kappa shape index (κ2) is 13.1. The van der Waals surface area contributed by atoms with Crippen LogP contribution in [0, 0.1) is 5.92 Å². The van der Waals surface area contributed by atoms with Crippen molar-refractivity contribution in [2.75, 3.05) is 19.8 Å². The number of carbonyl (C=O) groups excluding carboxylic acids is 2. The number of alkyl carbamates (subject to hydrolysis) is 1. The number of hydrogen-bond donors (Lipinski definition) is 2. The second-order valence-electron chi connectivity index (χ2n) is 7.74. The quantitative estimate of drug-likeness (QED) is 0.162. The standard InChI is InChI=1S/C18H37N2O7P.Fm/c1-7-9-15(10-8-2)13-25-16(21)14(3)20-28(23,24)26-12-11-19-17(22)27-18(4,5)6;/h14-15H,7-13H2,1-6H3,(H,19,22)(H2,20,23,24);/q;+1/p-1. The van der Waals surface area contributed by atoms with Gasteiger partial charge < -0.3 is 0 Å². The molecular formula is C18H36FmN2O7P. The van der Waals surface area contributed by atoms with E-state index >= 15 is 0 Å². The summed E-state index contributed by atoms with van der Waals surface area (Å²) < 4.78 is 29.5. The Morgan fingerprint density at radius 3 is 2.21 bits per heavy atom. The second-order valence-corrected chi connectivity index (χ2v) is 10.7. The van der Waals surface area contributed by atoms with Gasteiger partial charge in [0.1, 0.15) is 0 Å². The van der Waals surface area contributed by atoms with E-state index in [1.54, 1.807) is 20.8 Å². The molecule has 0 fully saturated rings. The Kier molecular flexibility index (Phi) is 12.2. The average Bonchev–Trinajstić information content (AvgIpc) is 2.62. The number of rotatable bonds is 14. The summed E-state index contributed by atoms with van der Waals surface area (Å²) in [6, 6.07) is -0.871. The first-order chi connectivity index (χ1) is 13.5. The zero-order chi connectivity index (χ0) is 22.5. The summed E-state index contributed by atoms with van der Waals surface area (Å²) in [5.74, 6) is -0.193. The summed E-state index contributed by atoms with van der Waals surface area (Å²) in [4.78, 5) is 28.7. The van der Waals surface area contributed by atoms with E-state index in [2.05, 4.69) is 24.3 Å². The minimum atomic E-state index is -3.72. The van der Waals surface area contributed by atoms with Crippen molar-refractivity contribution >= 4 is 19.8 Å². The molecule has 0 heterocycles. The third kappa shape index (κ3) is 12.8. The van der Waals surface area contributed by atoms with Crippen LogP contribution in [0.5, 0.6) is 0 Å². The molecule has 0 bridgehead atoms. The predicted octanol–water partition coefficient (Wildman–Crippen LogP) is 3.85. The molecule has 0 saturated heterocycles. The van der Waals surface area contributed by atoms with Gasteiger partial charge in [-0.2, -0.15) is 0 Å². The van der Waals surface area contributed by atoms with E-state index < -0.39 is 31.5 Å². The number of carbonyl (C=O) groups is 2. The van der Waals surface area contributed by atoms with Crippen LogP contribution in [0.25, 0.3) is 0 Å². The van der Waals surface area contributed by atoms with Crippen LogP contribution in [0.3, 0.4) is 0 Å². The molecule has 177 valence electrons. The molecule has 2 unspecified atom stereocenters. The van der Waals surface area contributed by atoms with Crippen molar-refractivity contribution < 1.29 is 33.0 Å². The van der Waals surface area contributed by atoms with Gasteiger partial charge in [0.05, 0.1) is 0 Å². The third-order valence-electron chi connectivity index (χ3n) is 3.66. The first kappa shape index (κ1) is 26.9. The first-order valence-corrected chi connectivity index (χ1v) is 12.4. The molecule has 11 heteroatoms. The molecule has 0 radical (unpaired) electrons. The molecule has 0 saturated carbocycles. The Bertz CT molecular complexity index is 537. The summed E-state index contributed by atoms with van der Waals surface area (Å²) in [7, 11) is -3.72. The van der Waals surface area contributed by atoms with Gasteiger partial charge in [-0.15, -0.1) is 0 Å². The minimum absolute atomic E-state index is 0.0685. The van der Waals surface area contributed by atoms with Crippen LogP contribution in [-0.2, 0) is 28.3 Å². The van der Waals surface area contributed by atoms with Crippen LogP contribution < -0.4 is 10.4 Å². The van der Waals surface area contributed by atoms with Gasteiger partial charge in [-0.1, -0.05) is 0 Å². The summed E-state index contributed by atoms with van der Waals surface area (Å²) in [5.41, 5.74) is -0.614. The zero-order valence-corrected chi connectivity index (χ0v) is 21.5. The maximum atomic E-state index is 12.6. The molecule has 0 aromatic rings. The molecule has 0 rings (SSSR count). The van der Waals surface area contributed by atoms with Gasteiger partial charge in [-0.05, 0) is 0 Å². The molecule has 0 spiro atoms. The molecule has 0 aliphatic heterocycles. The van der Waals surface area contributed by atoms with E-state index in [1.807, 2.05) is 0 Å². The fraction of sp³-hybridized carbons (Fsp3) is 0.889. The number of nitrogens with one attached hydrogen (secondary N) is 2. The third-order valence-corrected chi connectivity index (χ3v) is 6.76. The molecule has 0 aromatic carbocycles. The Morgan fingerprint density at radius 1 is 1.14 bits per heavy atom.